The van der Waals surface area contributed by atoms with Crippen molar-refractivity contribution in [2.75, 3.05) is 7.11 Å². The van der Waals surface area contributed by atoms with E-state index in [4.69, 9.17) is 5.11 Å². The lowest BCUT2D eigenvalue weighted by atomic mass is 10.2. The molecule has 0 saturated carbocycles. The fraction of sp³-hybridized carbons (Fsp3) is 0.273. The average molecular weight is 305 g/mol. The van der Waals surface area contributed by atoms with Gasteiger partial charge in [0, 0.05) is 5.69 Å². The summed E-state index contributed by atoms with van der Waals surface area (Å²) in [5, 5.41) is 8.85. The largest absolute Gasteiger partial charge is 0.490 e. The van der Waals surface area contributed by atoms with E-state index in [0.29, 0.717) is 24.0 Å². The predicted octanol–water partition coefficient (Wildman–Crippen LogP) is 1.69. The van der Waals surface area contributed by atoms with E-state index in [1.807, 2.05) is 0 Å². The second-order valence-corrected chi connectivity index (χ2v) is 3.71. The molecule has 2 heterocycles. The molecule has 0 bridgehead atoms. The molecule has 21 heavy (non-hydrogen) atoms. The highest BCUT2D eigenvalue weighted by Crippen LogP contribution is 2.15. The van der Waals surface area contributed by atoms with Crippen molar-refractivity contribution in [3.8, 4) is 0 Å². The second-order valence-electron chi connectivity index (χ2n) is 3.71. The number of aryl methyl sites for hydroxylation is 1. The highest BCUT2D eigenvalue weighted by Gasteiger charge is 2.39. The van der Waals surface area contributed by atoms with Gasteiger partial charge in [-0.25, -0.2) is 19.6 Å². The molecule has 10 heteroatoms. The van der Waals surface area contributed by atoms with Gasteiger partial charge in [-0.3, -0.25) is 0 Å². The number of carbonyl (C=O) groups is 2. The summed E-state index contributed by atoms with van der Waals surface area (Å²) in [6, 6.07) is 1.52. The molecule has 0 spiro atoms. The van der Waals surface area contributed by atoms with Gasteiger partial charge in [0.05, 0.1) is 24.5 Å². The fourth-order valence-electron chi connectivity index (χ4n) is 1.33. The number of nitrogens with zero attached hydrogens (tertiary/aromatic N) is 2. The van der Waals surface area contributed by atoms with Gasteiger partial charge in [0.25, 0.3) is 0 Å². The first kappa shape index (κ1) is 16.4. The molecule has 2 aromatic heterocycles. The van der Waals surface area contributed by atoms with E-state index in [1.165, 1.54) is 12.4 Å². The van der Waals surface area contributed by atoms with Crippen LogP contribution >= 0.6 is 0 Å². The summed E-state index contributed by atoms with van der Waals surface area (Å²) in [6.45, 7) is 1.74. The number of pyridine rings is 1. The van der Waals surface area contributed by atoms with Gasteiger partial charge in [-0.2, -0.15) is 13.2 Å². The van der Waals surface area contributed by atoms with Crippen molar-refractivity contribution in [2.45, 2.75) is 13.1 Å². The third-order valence-corrected chi connectivity index (χ3v) is 2.17. The molecule has 114 valence electrons. The Bertz CT molecular complexity index is 666. The number of hydrogen-bond donors (Lipinski definition) is 2. The molecule has 2 aromatic rings. The van der Waals surface area contributed by atoms with Gasteiger partial charge in [-0.15, -0.1) is 0 Å². The Kier molecular flexibility index (Phi) is 4.84. The summed E-state index contributed by atoms with van der Waals surface area (Å²) < 4.78 is 36.3. The van der Waals surface area contributed by atoms with E-state index in [-0.39, 0.29) is 5.56 Å². The van der Waals surface area contributed by atoms with Crippen molar-refractivity contribution in [2.24, 2.45) is 0 Å². The highest BCUT2D eigenvalue weighted by atomic mass is 19.4. The standard InChI is InChI=1S/C8H7N3O2.C3H3F3O2/c1-4-2-5(8(12)13)6-7(11-4)10-3-9-6;1-8-2(7)3(4,5)6/h2-3H,1H3,(H,12,13)(H,9,10,11);1H3. The molecule has 7 nitrogen and oxygen atoms in total. The van der Waals surface area contributed by atoms with Crippen LogP contribution in [0, 0.1) is 6.92 Å². The van der Waals surface area contributed by atoms with Crippen molar-refractivity contribution in [3.63, 3.8) is 0 Å². The minimum Gasteiger partial charge on any atom is -0.478 e. The molecule has 0 unspecified atom stereocenters. The number of methoxy groups -OCH3 is 1. The Labute approximate surface area is 115 Å². The first-order chi connectivity index (χ1) is 9.66. The summed E-state index contributed by atoms with van der Waals surface area (Å²) in [5.41, 5.74) is 1.77. The van der Waals surface area contributed by atoms with E-state index >= 15 is 0 Å². The Morgan fingerprint density at radius 3 is 2.43 bits per heavy atom. The minimum atomic E-state index is -4.85. The van der Waals surface area contributed by atoms with E-state index < -0.39 is 18.1 Å². The Balaban J connectivity index is 0.000000240. The lowest BCUT2D eigenvalue weighted by Gasteiger charge is -1.99. The van der Waals surface area contributed by atoms with Gasteiger partial charge >= 0.3 is 18.1 Å². The molecular weight excluding hydrogens is 295 g/mol. The van der Waals surface area contributed by atoms with Crippen LogP contribution in [0.15, 0.2) is 12.4 Å². The quantitative estimate of drug-likeness (QED) is 0.777. The summed E-state index contributed by atoms with van der Waals surface area (Å²) in [4.78, 5) is 31.0. The lowest BCUT2D eigenvalue weighted by Crippen LogP contribution is -2.23. The number of aromatic nitrogens is 3. The number of esters is 1. The van der Waals surface area contributed by atoms with Crippen LogP contribution < -0.4 is 0 Å². The van der Waals surface area contributed by atoms with E-state index in [9.17, 15) is 22.8 Å². The Morgan fingerprint density at radius 1 is 1.38 bits per heavy atom. The van der Waals surface area contributed by atoms with Crippen molar-refractivity contribution >= 4 is 23.1 Å². The second kappa shape index (κ2) is 6.20. The number of fused-ring (bicyclic) bond motifs is 1. The Morgan fingerprint density at radius 2 is 2.00 bits per heavy atom. The molecule has 0 aliphatic heterocycles. The predicted molar refractivity (Wildman–Crippen MR) is 63.7 cm³/mol. The monoisotopic (exact) mass is 305 g/mol. The van der Waals surface area contributed by atoms with Crippen LogP contribution in [0.2, 0.25) is 0 Å². The number of aromatic carboxylic acids is 1. The normalized spacial score (nSPS) is 10.7. The molecular formula is C11H10F3N3O4. The van der Waals surface area contributed by atoms with Crippen LogP contribution in [-0.4, -0.2) is 45.3 Å². The van der Waals surface area contributed by atoms with Crippen LogP contribution in [0.5, 0.6) is 0 Å². The van der Waals surface area contributed by atoms with Crippen molar-refractivity contribution in [1.82, 2.24) is 15.0 Å². The lowest BCUT2D eigenvalue weighted by molar-refractivity contribution is -0.196. The zero-order chi connectivity index (χ0) is 16.2. The number of ether oxygens (including phenoxy) is 1. The number of carboxylic acids is 1. The number of nitrogens with one attached hydrogen (secondary N) is 1. The number of imidazole rings is 1. The maximum Gasteiger partial charge on any atom is 0.490 e. The number of halogens is 3. The first-order valence-electron chi connectivity index (χ1n) is 5.36. The molecule has 0 radical (unpaired) electrons. The van der Waals surface area contributed by atoms with E-state index in [2.05, 4.69) is 19.7 Å². The molecule has 0 aromatic carbocycles. The number of hydrogen-bond acceptors (Lipinski definition) is 5. The smallest absolute Gasteiger partial charge is 0.478 e. The Hall–Kier alpha value is -2.65. The summed E-state index contributed by atoms with van der Waals surface area (Å²) >= 11 is 0. The maximum atomic E-state index is 11.0. The van der Waals surface area contributed by atoms with Crippen LogP contribution in [0.1, 0.15) is 16.1 Å². The van der Waals surface area contributed by atoms with Crippen LogP contribution in [0.25, 0.3) is 11.2 Å². The number of alkyl halides is 3. The van der Waals surface area contributed by atoms with Gasteiger partial charge in [-0.1, -0.05) is 0 Å². The van der Waals surface area contributed by atoms with Crippen LogP contribution in [-0.2, 0) is 9.53 Å². The number of carbonyl (C=O) groups excluding carboxylic acids is 1. The molecule has 0 saturated heterocycles. The fourth-order valence-corrected chi connectivity index (χ4v) is 1.33. The summed E-state index contributed by atoms with van der Waals surface area (Å²) in [6.07, 6.45) is -3.42. The minimum absolute atomic E-state index is 0.208. The molecule has 0 amide bonds. The number of carboxylic acid groups (broad SMARTS) is 1. The molecule has 0 fully saturated rings. The van der Waals surface area contributed by atoms with Crippen molar-refractivity contribution < 1.29 is 32.6 Å². The van der Waals surface area contributed by atoms with Gasteiger partial charge in [0.1, 0.15) is 0 Å². The van der Waals surface area contributed by atoms with Gasteiger partial charge in [0.15, 0.2) is 5.65 Å². The van der Waals surface area contributed by atoms with Crippen LogP contribution in [0.4, 0.5) is 13.2 Å². The molecule has 2 rings (SSSR count). The average Bonchev–Trinajstić information content (AvgIpc) is 2.84. The molecule has 2 N–H and O–H groups in total. The summed E-state index contributed by atoms with van der Waals surface area (Å²) in [5.74, 6) is -3.14. The SMILES string of the molecule is COC(=O)C(F)(F)F.Cc1cc(C(=O)O)c2[nH]cnc2n1. The third kappa shape index (κ3) is 4.16. The topological polar surface area (TPSA) is 105 Å². The summed E-state index contributed by atoms with van der Waals surface area (Å²) in [7, 11) is 0.676. The maximum absolute atomic E-state index is 11.0. The van der Waals surface area contributed by atoms with Gasteiger partial charge in [-0.05, 0) is 13.0 Å². The van der Waals surface area contributed by atoms with Gasteiger partial charge in [0.2, 0.25) is 0 Å². The number of H-pyrrole nitrogens is 1. The number of aromatic amines is 1. The van der Waals surface area contributed by atoms with Gasteiger partial charge < -0.3 is 14.8 Å². The van der Waals surface area contributed by atoms with E-state index in [0.717, 1.165) is 0 Å². The highest BCUT2D eigenvalue weighted by molar-refractivity contribution is 5.99. The zero-order valence-electron chi connectivity index (χ0n) is 10.9. The van der Waals surface area contributed by atoms with Crippen molar-refractivity contribution in [3.05, 3.63) is 23.7 Å². The van der Waals surface area contributed by atoms with Crippen LogP contribution in [0.3, 0.4) is 0 Å². The molecule has 0 atom stereocenters. The van der Waals surface area contributed by atoms with Crippen molar-refractivity contribution in [1.29, 1.82) is 0 Å². The zero-order valence-corrected chi connectivity index (χ0v) is 10.9. The number of rotatable bonds is 1. The first-order valence-corrected chi connectivity index (χ1v) is 5.36. The van der Waals surface area contributed by atoms with E-state index in [1.54, 1.807) is 6.92 Å². The molecule has 0 aliphatic rings. The molecule has 0 aliphatic carbocycles. The third-order valence-electron chi connectivity index (χ3n) is 2.17.